The highest BCUT2D eigenvalue weighted by Gasteiger charge is 2.29. The lowest BCUT2D eigenvalue weighted by Crippen LogP contribution is -2.10. The van der Waals surface area contributed by atoms with Gasteiger partial charge in [-0.15, -0.1) is 0 Å². The number of alkyl halides is 3. The Morgan fingerprint density at radius 3 is 1.75 bits per heavy atom. The quantitative estimate of drug-likeness (QED) is 0.731. The molecule has 24 heavy (non-hydrogen) atoms. The van der Waals surface area contributed by atoms with E-state index in [1.165, 1.54) is 12.1 Å². The van der Waals surface area contributed by atoms with Crippen LogP contribution >= 0.6 is 0 Å². The van der Waals surface area contributed by atoms with Crippen LogP contribution in [0.15, 0.2) is 60.7 Å². The van der Waals surface area contributed by atoms with Crippen LogP contribution in [-0.4, -0.2) is 10.9 Å². The summed E-state index contributed by atoms with van der Waals surface area (Å²) in [6, 6.07) is 15.6. The molecule has 0 fully saturated rings. The smallest absolute Gasteiger partial charge is 0.364 e. The number of nitrogens with one attached hydrogen (secondary N) is 1. The van der Waals surface area contributed by atoms with Crippen molar-refractivity contribution in [2.45, 2.75) is 6.18 Å². The third-order valence-corrected chi connectivity index (χ3v) is 3.69. The van der Waals surface area contributed by atoms with Gasteiger partial charge >= 0.3 is 6.18 Å². The van der Waals surface area contributed by atoms with Crippen molar-refractivity contribution in [3.8, 4) is 22.4 Å². The van der Waals surface area contributed by atoms with E-state index < -0.39 is 17.6 Å². The lowest BCUT2D eigenvalue weighted by molar-refractivity contribution is -0.137. The Kier molecular flexibility index (Phi) is 3.89. The van der Waals surface area contributed by atoms with E-state index >= 15 is 0 Å². The molecule has 1 aromatic heterocycles. The van der Waals surface area contributed by atoms with E-state index in [2.05, 4.69) is 4.98 Å². The Morgan fingerprint density at radius 2 is 1.29 bits per heavy atom. The Morgan fingerprint density at radius 1 is 0.792 bits per heavy atom. The topological polar surface area (TPSA) is 58.9 Å². The molecule has 0 aliphatic rings. The SMILES string of the molecule is NC(=O)c1ccc(-c2ccc(-c3ccc(C(F)(F)F)cc3)cc2)[nH]1. The van der Waals surface area contributed by atoms with Gasteiger partial charge in [0.25, 0.3) is 5.91 Å². The number of rotatable bonds is 3. The molecule has 0 radical (unpaired) electrons. The lowest BCUT2D eigenvalue weighted by Gasteiger charge is -2.08. The van der Waals surface area contributed by atoms with Crippen LogP contribution in [0.4, 0.5) is 13.2 Å². The summed E-state index contributed by atoms with van der Waals surface area (Å²) in [4.78, 5) is 14.0. The molecular formula is C18H13F3N2O. The summed E-state index contributed by atoms with van der Waals surface area (Å²) in [7, 11) is 0. The van der Waals surface area contributed by atoms with Crippen molar-refractivity contribution in [2.24, 2.45) is 5.73 Å². The third-order valence-electron chi connectivity index (χ3n) is 3.69. The summed E-state index contributed by atoms with van der Waals surface area (Å²) in [6.45, 7) is 0. The van der Waals surface area contributed by atoms with Crippen molar-refractivity contribution in [2.75, 3.05) is 0 Å². The number of hydrogen-bond donors (Lipinski definition) is 2. The van der Waals surface area contributed by atoms with E-state index in [1.807, 2.05) is 24.3 Å². The number of aromatic nitrogens is 1. The first-order chi connectivity index (χ1) is 11.3. The molecule has 3 nitrogen and oxygen atoms in total. The Bertz CT molecular complexity index is 863. The van der Waals surface area contributed by atoms with Crippen LogP contribution in [0.25, 0.3) is 22.4 Å². The zero-order chi connectivity index (χ0) is 17.3. The van der Waals surface area contributed by atoms with E-state index in [0.717, 1.165) is 29.0 Å². The van der Waals surface area contributed by atoms with Gasteiger partial charge in [0, 0.05) is 5.69 Å². The molecule has 122 valence electrons. The molecule has 0 bridgehead atoms. The van der Waals surface area contributed by atoms with Crippen molar-refractivity contribution in [1.29, 1.82) is 0 Å². The predicted molar refractivity (Wildman–Crippen MR) is 85.2 cm³/mol. The van der Waals surface area contributed by atoms with Gasteiger partial charge in [0.05, 0.1) is 5.56 Å². The minimum atomic E-state index is -4.34. The maximum absolute atomic E-state index is 12.6. The summed E-state index contributed by atoms with van der Waals surface area (Å²) in [5.74, 6) is -0.539. The second-order valence-electron chi connectivity index (χ2n) is 5.30. The highest BCUT2D eigenvalue weighted by Crippen LogP contribution is 2.31. The second kappa shape index (κ2) is 5.88. The van der Waals surface area contributed by atoms with Gasteiger partial charge in [-0.1, -0.05) is 36.4 Å². The molecular weight excluding hydrogens is 317 g/mol. The molecule has 1 heterocycles. The third kappa shape index (κ3) is 3.17. The Labute approximate surface area is 135 Å². The summed E-state index contributed by atoms with van der Waals surface area (Å²) in [5, 5.41) is 0. The Hall–Kier alpha value is -3.02. The van der Waals surface area contributed by atoms with Gasteiger partial charge in [0.2, 0.25) is 0 Å². The van der Waals surface area contributed by atoms with Crippen molar-refractivity contribution in [3.05, 3.63) is 71.9 Å². The number of carbonyl (C=O) groups excluding carboxylic acids is 1. The molecule has 0 spiro atoms. The molecule has 0 saturated heterocycles. The molecule has 3 rings (SSSR count). The number of primary amides is 1. The average Bonchev–Trinajstić information content (AvgIpc) is 3.05. The van der Waals surface area contributed by atoms with Gasteiger partial charge in [-0.25, -0.2) is 0 Å². The fourth-order valence-corrected chi connectivity index (χ4v) is 2.40. The molecule has 2 aromatic carbocycles. The van der Waals surface area contributed by atoms with Crippen LogP contribution in [0.1, 0.15) is 16.1 Å². The van der Waals surface area contributed by atoms with Crippen molar-refractivity contribution < 1.29 is 18.0 Å². The molecule has 0 aliphatic heterocycles. The van der Waals surface area contributed by atoms with E-state index in [4.69, 9.17) is 5.73 Å². The van der Waals surface area contributed by atoms with Crippen molar-refractivity contribution >= 4 is 5.91 Å². The van der Waals surface area contributed by atoms with Crippen LogP contribution in [0.5, 0.6) is 0 Å². The number of nitrogens with two attached hydrogens (primary N) is 1. The molecule has 0 saturated carbocycles. The first-order valence-electron chi connectivity index (χ1n) is 7.11. The minimum Gasteiger partial charge on any atom is -0.364 e. The van der Waals surface area contributed by atoms with E-state index in [1.54, 1.807) is 12.1 Å². The van der Waals surface area contributed by atoms with Gasteiger partial charge in [0.1, 0.15) is 5.69 Å². The van der Waals surface area contributed by atoms with Crippen LogP contribution in [-0.2, 0) is 6.18 Å². The van der Waals surface area contributed by atoms with E-state index in [0.29, 0.717) is 11.3 Å². The molecule has 6 heteroatoms. The first kappa shape index (κ1) is 15.9. The normalized spacial score (nSPS) is 11.5. The van der Waals surface area contributed by atoms with Crippen LogP contribution in [0.3, 0.4) is 0 Å². The fourth-order valence-electron chi connectivity index (χ4n) is 2.40. The predicted octanol–water partition coefficient (Wildman–Crippen LogP) is 4.47. The molecule has 0 unspecified atom stereocenters. The van der Waals surface area contributed by atoms with Crippen LogP contribution in [0.2, 0.25) is 0 Å². The number of benzene rings is 2. The highest BCUT2D eigenvalue weighted by atomic mass is 19.4. The minimum absolute atomic E-state index is 0.316. The first-order valence-corrected chi connectivity index (χ1v) is 7.11. The van der Waals surface area contributed by atoms with Gasteiger partial charge in [-0.05, 0) is 41.0 Å². The van der Waals surface area contributed by atoms with Crippen molar-refractivity contribution in [3.63, 3.8) is 0 Å². The maximum atomic E-state index is 12.6. The molecule has 3 N–H and O–H groups in total. The summed E-state index contributed by atoms with van der Waals surface area (Å²) in [5.41, 5.74) is 7.92. The number of amides is 1. The summed E-state index contributed by atoms with van der Waals surface area (Å²) in [6.07, 6.45) is -4.34. The number of aromatic amines is 1. The lowest BCUT2D eigenvalue weighted by atomic mass is 10.0. The van der Waals surface area contributed by atoms with Gasteiger partial charge in [0.15, 0.2) is 0 Å². The van der Waals surface area contributed by atoms with Gasteiger partial charge in [-0.2, -0.15) is 13.2 Å². The Balaban J connectivity index is 1.85. The fraction of sp³-hybridized carbons (Fsp3) is 0.0556. The van der Waals surface area contributed by atoms with Crippen LogP contribution < -0.4 is 5.73 Å². The average molecular weight is 330 g/mol. The van der Waals surface area contributed by atoms with E-state index in [9.17, 15) is 18.0 Å². The van der Waals surface area contributed by atoms with Crippen molar-refractivity contribution in [1.82, 2.24) is 4.98 Å². The largest absolute Gasteiger partial charge is 0.416 e. The zero-order valence-corrected chi connectivity index (χ0v) is 12.4. The highest BCUT2D eigenvalue weighted by molar-refractivity contribution is 5.92. The second-order valence-corrected chi connectivity index (χ2v) is 5.30. The molecule has 3 aromatic rings. The van der Waals surface area contributed by atoms with Crippen LogP contribution in [0, 0.1) is 0 Å². The number of halogens is 3. The molecule has 0 atom stereocenters. The standard InChI is InChI=1S/C18H13F3N2O/c19-18(20,21)14-7-5-12(6-8-14)11-1-3-13(4-2-11)15-9-10-16(23-15)17(22)24/h1-10,23H,(H2,22,24). The molecule has 1 amide bonds. The monoisotopic (exact) mass is 330 g/mol. The summed E-state index contributed by atoms with van der Waals surface area (Å²) >= 11 is 0. The number of carbonyl (C=O) groups is 1. The van der Waals surface area contributed by atoms with Gasteiger partial charge < -0.3 is 10.7 Å². The van der Waals surface area contributed by atoms with E-state index in [-0.39, 0.29) is 0 Å². The number of H-pyrrole nitrogens is 1. The summed E-state index contributed by atoms with van der Waals surface area (Å²) < 4.78 is 37.8. The van der Waals surface area contributed by atoms with Gasteiger partial charge in [-0.3, -0.25) is 4.79 Å². The maximum Gasteiger partial charge on any atom is 0.416 e. The molecule has 0 aliphatic carbocycles. The number of hydrogen-bond acceptors (Lipinski definition) is 1. The zero-order valence-electron chi connectivity index (χ0n) is 12.4.